The third kappa shape index (κ3) is 6.54. The van der Waals surface area contributed by atoms with E-state index in [0.717, 1.165) is 38.8 Å². The summed E-state index contributed by atoms with van der Waals surface area (Å²) in [5.41, 5.74) is 5.65. The van der Waals surface area contributed by atoms with Gasteiger partial charge in [0.15, 0.2) is 0 Å². The molecule has 0 radical (unpaired) electrons. The molecule has 1 rings (SSSR count). The summed E-state index contributed by atoms with van der Waals surface area (Å²) < 4.78 is 0. The predicted octanol–water partition coefficient (Wildman–Crippen LogP) is 0.283. The first kappa shape index (κ1) is 15.9. The van der Waals surface area contributed by atoms with Crippen molar-refractivity contribution in [2.75, 3.05) is 32.7 Å². The summed E-state index contributed by atoms with van der Waals surface area (Å²) >= 11 is 0. The average molecular weight is 270 g/mol. The molecule has 0 aliphatic carbocycles. The molecule has 0 aromatic carbocycles. The Balaban J connectivity index is 2.21. The number of hydrogen-bond acceptors (Lipinski definition) is 4. The number of unbranched alkanes of at least 4 members (excludes halogenated alkanes) is 1. The highest BCUT2D eigenvalue weighted by Gasteiger charge is 2.21. The summed E-state index contributed by atoms with van der Waals surface area (Å²) in [6.07, 6.45) is 4.14. The lowest BCUT2D eigenvalue weighted by Gasteiger charge is -2.31. The van der Waals surface area contributed by atoms with Crippen LogP contribution in [0.3, 0.4) is 0 Å². The van der Waals surface area contributed by atoms with Crippen LogP contribution in [0, 0.1) is 5.92 Å². The molecule has 0 aromatic heterocycles. The van der Waals surface area contributed by atoms with Crippen LogP contribution in [-0.2, 0) is 4.79 Å². The molecule has 19 heavy (non-hydrogen) atoms. The number of imide groups is 1. The topological polar surface area (TPSA) is 87.5 Å². The van der Waals surface area contributed by atoms with Gasteiger partial charge in [-0.2, -0.15) is 0 Å². The van der Waals surface area contributed by atoms with Gasteiger partial charge in [0, 0.05) is 13.1 Å². The number of likely N-dealkylation sites (tertiary alicyclic amines) is 1. The molecule has 1 fully saturated rings. The van der Waals surface area contributed by atoms with E-state index in [1.807, 2.05) is 0 Å². The Hall–Kier alpha value is -1.14. The van der Waals surface area contributed by atoms with Crippen LogP contribution in [-0.4, -0.2) is 49.6 Å². The van der Waals surface area contributed by atoms with Crippen molar-refractivity contribution >= 4 is 11.9 Å². The summed E-state index contributed by atoms with van der Waals surface area (Å²) in [6.45, 7) is 5.35. The van der Waals surface area contributed by atoms with Crippen LogP contribution in [0.1, 0.15) is 32.6 Å². The van der Waals surface area contributed by atoms with Gasteiger partial charge in [-0.3, -0.25) is 15.0 Å². The first-order valence-electron chi connectivity index (χ1n) is 7.15. The Morgan fingerprint density at radius 2 is 2.21 bits per heavy atom. The number of nitrogens with one attached hydrogen (secondary N) is 2. The molecule has 4 N–H and O–H groups in total. The third-order valence-corrected chi connectivity index (χ3v) is 3.37. The minimum Gasteiger partial charge on any atom is -0.338 e. The van der Waals surface area contributed by atoms with E-state index in [0.29, 0.717) is 19.0 Å². The van der Waals surface area contributed by atoms with Crippen LogP contribution < -0.4 is 16.4 Å². The minimum atomic E-state index is -0.397. The second-order valence-corrected chi connectivity index (χ2v) is 5.14. The molecule has 6 heteroatoms. The monoisotopic (exact) mass is 270 g/mol. The van der Waals surface area contributed by atoms with Crippen molar-refractivity contribution in [1.29, 1.82) is 0 Å². The van der Waals surface area contributed by atoms with Gasteiger partial charge in [-0.25, -0.2) is 4.79 Å². The van der Waals surface area contributed by atoms with Crippen molar-refractivity contribution in [3.63, 3.8) is 0 Å². The van der Waals surface area contributed by atoms with Gasteiger partial charge in [0.05, 0.1) is 6.54 Å². The number of nitrogens with zero attached hydrogens (tertiary/aromatic N) is 1. The second kappa shape index (κ2) is 8.87. The molecule has 0 bridgehead atoms. The number of hydrogen-bond donors (Lipinski definition) is 3. The zero-order chi connectivity index (χ0) is 14.1. The molecule has 1 heterocycles. The quantitative estimate of drug-likeness (QED) is 0.605. The molecular weight excluding hydrogens is 244 g/mol. The highest BCUT2D eigenvalue weighted by atomic mass is 16.2. The van der Waals surface area contributed by atoms with Crippen LogP contribution in [0.4, 0.5) is 4.79 Å². The molecule has 1 aliphatic rings. The van der Waals surface area contributed by atoms with Crippen molar-refractivity contribution in [2.24, 2.45) is 11.7 Å². The number of carbonyl (C=O) groups is 2. The van der Waals surface area contributed by atoms with Crippen molar-refractivity contribution in [3.8, 4) is 0 Å². The summed E-state index contributed by atoms with van der Waals surface area (Å²) in [7, 11) is 0. The Kier molecular flexibility index (Phi) is 7.43. The van der Waals surface area contributed by atoms with Crippen molar-refractivity contribution in [2.45, 2.75) is 32.6 Å². The maximum absolute atomic E-state index is 11.7. The first-order valence-corrected chi connectivity index (χ1v) is 7.15. The average Bonchev–Trinajstić information content (AvgIpc) is 2.39. The van der Waals surface area contributed by atoms with Crippen molar-refractivity contribution < 1.29 is 9.59 Å². The lowest BCUT2D eigenvalue weighted by molar-refractivity contribution is -0.121. The van der Waals surface area contributed by atoms with E-state index >= 15 is 0 Å². The van der Waals surface area contributed by atoms with Gasteiger partial charge in [-0.1, -0.05) is 13.3 Å². The van der Waals surface area contributed by atoms with E-state index in [1.165, 1.54) is 0 Å². The molecule has 6 nitrogen and oxygen atoms in total. The lowest BCUT2D eigenvalue weighted by Crippen LogP contribution is -2.47. The molecular formula is C13H26N4O2. The smallest absolute Gasteiger partial charge is 0.321 e. The lowest BCUT2D eigenvalue weighted by atomic mass is 9.98. The van der Waals surface area contributed by atoms with Gasteiger partial charge in [0.1, 0.15) is 0 Å². The van der Waals surface area contributed by atoms with E-state index in [1.54, 1.807) is 0 Å². The fourth-order valence-electron chi connectivity index (χ4n) is 2.28. The normalized spacial score (nSPS) is 20.0. The first-order chi connectivity index (χ1) is 9.15. The maximum atomic E-state index is 11.7. The SMILES string of the molecule is CCCCNC(=O)NC(=O)CN1CCCC(CN)C1. The minimum absolute atomic E-state index is 0.244. The Morgan fingerprint density at radius 3 is 2.89 bits per heavy atom. The largest absolute Gasteiger partial charge is 0.338 e. The third-order valence-electron chi connectivity index (χ3n) is 3.37. The molecule has 1 unspecified atom stereocenters. The summed E-state index contributed by atoms with van der Waals surface area (Å²) in [5.74, 6) is 0.228. The standard InChI is InChI=1S/C13H26N4O2/c1-2-3-6-15-13(19)16-12(18)10-17-7-4-5-11(8-14)9-17/h11H,2-10,14H2,1H3,(H2,15,16,18,19). The Labute approximate surface area is 115 Å². The molecule has 1 saturated heterocycles. The Morgan fingerprint density at radius 1 is 1.42 bits per heavy atom. The molecule has 110 valence electrons. The Bertz CT molecular complexity index is 296. The van der Waals surface area contributed by atoms with Crippen molar-refractivity contribution in [3.05, 3.63) is 0 Å². The fraction of sp³-hybridized carbons (Fsp3) is 0.846. The summed E-state index contributed by atoms with van der Waals surface area (Å²) in [5, 5.41) is 5.02. The number of rotatable bonds is 6. The van der Waals surface area contributed by atoms with E-state index in [4.69, 9.17) is 5.73 Å². The van der Waals surface area contributed by atoms with E-state index in [9.17, 15) is 9.59 Å². The zero-order valence-electron chi connectivity index (χ0n) is 11.8. The van der Waals surface area contributed by atoms with Crippen LogP contribution in [0.15, 0.2) is 0 Å². The van der Waals surface area contributed by atoms with Gasteiger partial charge >= 0.3 is 6.03 Å². The molecule has 3 amide bonds. The summed E-state index contributed by atoms with van der Waals surface area (Å²) in [6, 6.07) is -0.397. The van der Waals surface area contributed by atoms with Crippen LogP contribution in [0.2, 0.25) is 0 Å². The predicted molar refractivity (Wildman–Crippen MR) is 74.7 cm³/mol. The zero-order valence-corrected chi connectivity index (χ0v) is 11.8. The van der Waals surface area contributed by atoms with Crippen LogP contribution in [0.25, 0.3) is 0 Å². The van der Waals surface area contributed by atoms with Gasteiger partial charge in [-0.05, 0) is 38.3 Å². The van der Waals surface area contributed by atoms with E-state index in [2.05, 4.69) is 22.5 Å². The molecule has 1 aliphatic heterocycles. The van der Waals surface area contributed by atoms with Gasteiger partial charge in [0.25, 0.3) is 0 Å². The van der Waals surface area contributed by atoms with Crippen LogP contribution >= 0.6 is 0 Å². The van der Waals surface area contributed by atoms with Gasteiger partial charge in [0.2, 0.25) is 5.91 Å². The van der Waals surface area contributed by atoms with E-state index < -0.39 is 6.03 Å². The van der Waals surface area contributed by atoms with Gasteiger partial charge < -0.3 is 11.1 Å². The number of carbonyl (C=O) groups excluding carboxylic acids is 2. The maximum Gasteiger partial charge on any atom is 0.321 e. The van der Waals surface area contributed by atoms with Crippen LogP contribution in [0.5, 0.6) is 0 Å². The molecule has 0 saturated carbocycles. The highest BCUT2D eigenvalue weighted by Crippen LogP contribution is 2.14. The number of urea groups is 1. The fourth-order valence-corrected chi connectivity index (χ4v) is 2.28. The van der Waals surface area contributed by atoms with Gasteiger partial charge in [-0.15, -0.1) is 0 Å². The molecule has 1 atom stereocenters. The molecule has 0 spiro atoms. The number of piperidine rings is 1. The van der Waals surface area contributed by atoms with Crippen molar-refractivity contribution in [1.82, 2.24) is 15.5 Å². The summed E-state index contributed by atoms with van der Waals surface area (Å²) in [4.78, 5) is 25.2. The second-order valence-electron chi connectivity index (χ2n) is 5.14. The number of amides is 3. The number of nitrogens with two attached hydrogens (primary N) is 1. The van der Waals surface area contributed by atoms with E-state index in [-0.39, 0.29) is 12.5 Å². The molecule has 0 aromatic rings. The highest BCUT2D eigenvalue weighted by molar-refractivity contribution is 5.95.